The Kier molecular flexibility index (Phi) is 6.02. The van der Waals surface area contributed by atoms with Crippen LogP contribution in [0.2, 0.25) is 0 Å². The Labute approximate surface area is 188 Å². The van der Waals surface area contributed by atoms with Gasteiger partial charge in [-0.2, -0.15) is 18.3 Å². The first-order valence-corrected chi connectivity index (χ1v) is 9.95. The third kappa shape index (κ3) is 4.72. The lowest BCUT2D eigenvalue weighted by atomic mass is 10.0. The predicted molar refractivity (Wildman–Crippen MR) is 111 cm³/mol. The van der Waals surface area contributed by atoms with Gasteiger partial charge in [0.2, 0.25) is 0 Å². The van der Waals surface area contributed by atoms with Gasteiger partial charge in [-0.3, -0.25) is 14.3 Å². The van der Waals surface area contributed by atoms with Gasteiger partial charge in [-0.25, -0.2) is 8.78 Å². The van der Waals surface area contributed by atoms with E-state index in [1.165, 1.54) is 22.0 Å². The number of aromatic amines is 1. The van der Waals surface area contributed by atoms with Crippen molar-refractivity contribution in [2.45, 2.75) is 19.0 Å². The number of benzene rings is 1. The van der Waals surface area contributed by atoms with Crippen molar-refractivity contribution in [1.29, 1.82) is 0 Å². The van der Waals surface area contributed by atoms with Crippen LogP contribution in [0.4, 0.5) is 33.3 Å². The molecule has 3 heterocycles. The van der Waals surface area contributed by atoms with Crippen LogP contribution in [0.3, 0.4) is 0 Å². The highest BCUT2D eigenvalue weighted by Crippen LogP contribution is 2.34. The van der Waals surface area contributed by atoms with Crippen LogP contribution in [0.1, 0.15) is 21.5 Å². The van der Waals surface area contributed by atoms with Gasteiger partial charge in [-0.15, -0.1) is 0 Å². The second-order valence-electron chi connectivity index (χ2n) is 7.68. The Morgan fingerprint density at radius 2 is 2.03 bits per heavy atom. The highest BCUT2D eigenvalue weighted by molar-refractivity contribution is 6.08. The molecular formula is C21H18F5N5O3. The van der Waals surface area contributed by atoms with E-state index in [9.17, 15) is 31.5 Å². The number of hydrogen-bond donors (Lipinski definition) is 2. The fourth-order valence-corrected chi connectivity index (χ4v) is 3.60. The topological polar surface area (TPSA) is 92.2 Å². The van der Waals surface area contributed by atoms with E-state index < -0.39 is 41.8 Å². The summed E-state index contributed by atoms with van der Waals surface area (Å²) in [6.45, 7) is -0.927. The molecule has 1 amide bonds. The number of aromatic nitrogens is 3. The Morgan fingerprint density at radius 3 is 2.65 bits per heavy atom. The van der Waals surface area contributed by atoms with E-state index in [0.29, 0.717) is 17.8 Å². The van der Waals surface area contributed by atoms with Gasteiger partial charge in [0.15, 0.2) is 0 Å². The lowest BCUT2D eigenvalue weighted by Gasteiger charge is -2.42. The summed E-state index contributed by atoms with van der Waals surface area (Å²) in [5, 5.41) is 6.44. The van der Waals surface area contributed by atoms with Crippen molar-refractivity contribution in [3.63, 3.8) is 0 Å². The maximum Gasteiger partial charge on any atom is 0.416 e. The smallest absolute Gasteiger partial charge is 0.416 e. The summed E-state index contributed by atoms with van der Waals surface area (Å²) < 4.78 is 73.0. The van der Waals surface area contributed by atoms with Gasteiger partial charge >= 0.3 is 6.18 Å². The number of alkyl halides is 4. The van der Waals surface area contributed by atoms with E-state index in [2.05, 4.69) is 15.4 Å². The lowest BCUT2D eigenvalue weighted by Crippen LogP contribution is -2.55. The average molecular weight is 483 g/mol. The minimum atomic E-state index is -4.75. The molecule has 34 heavy (non-hydrogen) atoms. The van der Waals surface area contributed by atoms with E-state index >= 15 is 0 Å². The molecule has 0 bridgehead atoms. The molecule has 1 aromatic carbocycles. The number of halogens is 5. The van der Waals surface area contributed by atoms with Crippen molar-refractivity contribution in [3.8, 4) is 5.75 Å². The maximum absolute atomic E-state index is 13.7. The zero-order valence-corrected chi connectivity index (χ0v) is 17.6. The van der Waals surface area contributed by atoms with Crippen LogP contribution < -0.4 is 20.5 Å². The van der Waals surface area contributed by atoms with Crippen LogP contribution in [0, 0.1) is 5.82 Å². The normalized spacial score (nSPS) is 14.1. The molecule has 0 unspecified atom stereocenters. The number of pyridine rings is 1. The number of anilines is 2. The van der Waals surface area contributed by atoms with Gasteiger partial charge in [-0.05, 0) is 12.1 Å². The number of carbonyl (C=O) groups excluding carboxylic acids is 1. The minimum Gasteiger partial charge on any atom is -0.487 e. The average Bonchev–Trinajstić information content (AvgIpc) is 3.13. The predicted octanol–water partition coefficient (Wildman–Crippen LogP) is 3.26. The number of nitrogens with one attached hydrogen (secondary N) is 2. The first kappa shape index (κ1) is 23.3. The number of H-pyrrole nitrogens is 1. The maximum atomic E-state index is 13.7. The minimum absolute atomic E-state index is 0.0293. The molecular weight excluding hydrogens is 465 g/mol. The molecule has 3 aromatic rings. The molecule has 180 valence electrons. The third-order valence-corrected chi connectivity index (χ3v) is 5.14. The number of amides is 1. The molecule has 0 saturated carbocycles. The van der Waals surface area contributed by atoms with E-state index in [-0.39, 0.29) is 35.7 Å². The highest BCUT2D eigenvalue weighted by Gasteiger charge is 2.36. The van der Waals surface area contributed by atoms with Gasteiger partial charge in [0.05, 0.1) is 36.2 Å². The molecule has 0 atom stereocenters. The number of hydrogen-bond acceptors (Lipinski definition) is 5. The van der Waals surface area contributed by atoms with Gasteiger partial charge < -0.3 is 19.9 Å². The number of carbonyl (C=O) groups is 1. The molecule has 1 aliphatic heterocycles. The highest BCUT2D eigenvalue weighted by atomic mass is 19.4. The summed E-state index contributed by atoms with van der Waals surface area (Å²) in [5.74, 6) is -2.21. The van der Waals surface area contributed by atoms with Crippen molar-refractivity contribution < 1.29 is 31.5 Å². The number of ether oxygens (including phenoxy) is 1. The van der Waals surface area contributed by atoms with Crippen LogP contribution in [-0.4, -0.2) is 39.9 Å². The number of aryl methyl sites for hydroxylation is 1. The van der Waals surface area contributed by atoms with Crippen molar-refractivity contribution in [1.82, 2.24) is 14.8 Å². The molecule has 0 radical (unpaired) electrons. The molecule has 2 N–H and O–H groups in total. The molecule has 0 aliphatic carbocycles. The van der Waals surface area contributed by atoms with Crippen LogP contribution in [0.15, 0.2) is 41.6 Å². The summed E-state index contributed by atoms with van der Waals surface area (Å²) in [4.78, 5) is 29.1. The van der Waals surface area contributed by atoms with Gasteiger partial charge in [0.1, 0.15) is 29.9 Å². The Bertz CT molecular complexity index is 1280. The van der Waals surface area contributed by atoms with Gasteiger partial charge in [-0.1, -0.05) is 0 Å². The summed E-state index contributed by atoms with van der Waals surface area (Å²) in [7, 11) is 1.63. The quantitative estimate of drug-likeness (QED) is 0.526. The summed E-state index contributed by atoms with van der Waals surface area (Å²) in [5.41, 5.74) is -1.87. The lowest BCUT2D eigenvalue weighted by molar-refractivity contribution is -0.137. The summed E-state index contributed by atoms with van der Waals surface area (Å²) in [6.07, 6.45) is -1.40. The van der Waals surface area contributed by atoms with Crippen LogP contribution >= 0.6 is 0 Å². The second-order valence-corrected chi connectivity index (χ2v) is 7.68. The van der Waals surface area contributed by atoms with E-state index in [0.717, 1.165) is 12.3 Å². The molecule has 2 aromatic heterocycles. The van der Waals surface area contributed by atoms with Crippen molar-refractivity contribution in [2.75, 3.05) is 23.3 Å². The van der Waals surface area contributed by atoms with Gasteiger partial charge in [0, 0.05) is 31.1 Å². The van der Waals surface area contributed by atoms with Gasteiger partial charge in [0.25, 0.3) is 11.5 Å². The van der Waals surface area contributed by atoms with Crippen LogP contribution in [0.25, 0.3) is 0 Å². The van der Waals surface area contributed by atoms with E-state index in [1.807, 2.05) is 0 Å². The fourth-order valence-electron chi connectivity index (χ4n) is 3.60. The third-order valence-electron chi connectivity index (χ3n) is 5.14. The number of nitrogens with zero attached hydrogens (tertiary/aromatic N) is 3. The first-order chi connectivity index (χ1) is 16.0. The molecule has 8 nitrogen and oxygen atoms in total. The van der Waals surface area contributed by atoms with Crippen LogP contribution in [-0.2, 0) is 19.9 Å². The van der Waals surface area contributed by atoms with Crippen LogP contribution in [0.5, 0.6) is 5.75 Å². The standard InChI is InChI=1S/C21H18F5N5O3/c1-30-8-14(7-28-30)29-20(33)17-18(11(5-22)6-27-19(17)32)31-9-16(10-31)34-15-3-12(21(24,25)26)2-13(23)4-15/h2-4,6-8,16H,5,9-10H2,1H3,(H,27,32)(H,29,33). The SMILES string of the molecule is Cn1cc(NC(=O)c2c(N3CC(Oc4cc(F)cc(C(F)(F)F)c4)C3)c(CF)c[nH]c2=O)cn1. The Morgan fingerprint density at radius 1 is 1.29 bits per heavy atom. The van der Waals surface area contributed by atoms with E-state index in [4.69, 9.17) is 4.74 Å². The van der Waals surface area contributed by atoms with Crippen molar-refractivity contribution in [2.24, 2.45) is 7.05 Å². The molecule has 4 rings (SSSR count). The van der Waals surface area contributed by atoms with E-state index in [1.54, 1.807) is 7.05 Å². The summed E-state index contributed by atoms with van der Waals surface area (Å²) in [6, 6.07) is 1.86. The summed E-state index contributed by atoms with van der Waals surface area (Å²) >= 11 is 0. The van der Waals surface area contributed by atoms with Crippen molar-refractivity contribution in [3.05, 3.63) is 69.7 Å². The molecule has 1 saturated heterocycles. The molecule has 1 aliphatic rings. The Balaban J connectivity index is 1.55. The number of rotatable bonds is 6. The zero-order valence-electron chi connectivity index (χ0n) is 17.6. The first-order valence-electron chi connectivity index (χ1n) is 9.95. The molecule has 0 spiro atoms. The zero-order chi connectivity index (χ0) is 24.6. The molecule has 13 heteroatoms. The van der Waals surface area contributed by atoms with Crippen molar-refractivity contribution >= 4 is 17.3 Å². The largest absolute Gasteiger partial charge is 0.487 e. The Hall–Kier alpha value is -3.90. The fraction of sp³-hybridized carbons (Fsp3) is 0.286. The monoisotopic (exact) mass is 483 g/mol. The second kappa shape index (κ2) is 8.80. The molecule has 1 fully saturated rings.